The fraction of sp³-hybridized carbons (Fsp3) is 0.400. The van der Waals surface area contributed by atoms with Crippen molar-refractivity contribution >= 4 is 34.7 Å². The van der Waals surface area contributed by atoms with Crippen LogP contribution in [0.1, 0.15) is 12.8 Å². The van der Waals surface area contributed by atoms with E-state index in [4.69, 9.17) is 5.11 Å². The molecule has 0 bridgehead atoms. The SMILES string of the molecule is Cn1c(SCC(=O)N2CCCC2C(=O)O)nc2ccccc21. The van der Waals surface area contributed by atoms with E-state index in [0.29, 0.717) is 13.0 Å². The molecule has 1 aromatic heterocycles. The van der Waals surface area contributed by atoms with E-state index in [1.54, 1.807) is 0 Å². The highest BCUT2D eigenvalue weighted by atomic mass is 32.2. The van der Waals surface area contributed by atoms with E-state index < -0.39 is 12.0 Å². The molecule has 1 saturated heterocycles. The van der Waals surface area contributed by atoms with Crippen LogP contribution in [0.2, 0.25) is 0 Å². The van der Waals surface area contributed by atoms with Gasteiger partial charge in [-0.25, -0.2) is 9.78 Å². The minimum absolute atomic E-state index is 0.137. The van der Waals surface area contributed by atoms with Crippen LogP contribution in [0.15, 0.2) is 29.4 Å². The monoisotopic (exact) mass is 319 g/mol. The van der Waals surface area contributed by atoms with Crippen molar-refractivity contribution in [1.82, 2.24) is 14.5 Å². The lowest BCUT2D eigenvalue weighted by atomic mass is 10.2. The molecule has 1 atom stereocenters. The second-order valence-corrected chi connectivity index (χ2v) is 6.26. The molecule has 1 aliphatic heterocycles. The number of amides is 1. The summed E-state index contributed by atoms with van der Waals surface area (Å²) in [5.74, 6) is -0.846. The zero-order valence-corrected chi connectivity index (χ0v) is 13.0. The number of carbonyl (C=O) groups is 2. The number of rotatable bonds is 4. The molecule has 0 aliphatic carbocycles. The maximum atomic E-state index is 12.3. The van der Waals surface area contributed by atoms with Crippen molar-refractivity contribution in [2.45, 2.75) is 24.0 Å². The lowest BCUT2D eigenvalue weighted by molar-refractivity contribution is -0.147. The number of para-hydroxylation sites is 2. The van der Waals surface area contributed by atoms with Crippen molar-refractivity contribution in [1.29, 1.82) is 0 Å². The summed E-state index contributed by atoms with van der Waals surface area (Å²) in [6, 6.07) is 7.12. The van der Waals surface area contributed by atoms with Crippen LogP contribution in [0.25, 0.3) is 11.0 Å². The molecule has 0 saturated carbocycles. The maximum absolute atomic E-state index is 12.3. The zero-order chi connectivity index (χ0) is 15.7. The van der Waals surface area contributed by atoms with Gasteiger partial charge in [0.1, 0.15) is 6.04 Å². The largest absolute Gasteiger partial charge is 0.480 e. The van der Waals surface area contributed by atoms with Crippen molar-refractivity contribution < 1.29 is 14.7 Å². The number of carboxylic acids is 1. The molecular weight excluding hydrogens is 302 g/mol. The van der Waals surface area contributed by atoms with Gasteiger partial charge >= 0.3 is 5.97 Å². The molecule has 22 heavy (non-hydrogen) atoms. The third-order valence-electron chi connectivity index (χ3n) is 3.93. The van der Waals surface area contributed by atoms with Gasteiger partial charge in [-0.1, -0.05) is 23.9 Å². The summed E-state index contributed by atoms with van der Waals surface area (Å²) < 4.78 is 1.95. The topological polar surface area (TPSA) is 75.4 Å². The van der Waals surface area contributed by atoms with Gasteiger partial charge in [0.2, 0.25) is 5.91 Å². The Morgan fingerprint density at radius 2 is 2.18 bits per heavy atom. The summed E-state index contributed by atoms with van der Waals surface area (Å²) in [5.41, 5.74) is 1.91. The molecule has 116 valence electrons. The Kier molecular flexibility index (Phi) is 4.06. The molecule has 7 heteroatoms. The number of aromatic nitrogens is 2. The minimum atomic E-state index is -0.918. The van der Waals surface area contributed by atoms with Crippen molar-refractivity contribution in [2.24, 2.45) is 7.05 Å². The van der Waals surface area contributed by atoms with Crippen LogP contribution in [-0.4, -0.2) is 49.8 Å². The standard InChI is InChI=1S/C15H17N3O3S/c1-17-11-6-3-2-5-10(11)16-15(17)22-9-13(19)18-8-4-7-12(18)14(20)21/h2-3,5-6,12H,4,7-9H2,1H3,(H,20,21). The van der Waals surface area contributed by atoms with Crippen LogP contribution >= 0.6 is 11.8 Å². The Hall–Kier alpha value is -2.02. The van der Waals surface area contributed by atoms with Crippen LogP contribution in [0.5, 0.6) is 0 Å². The molecule has 6 nitrogen and oxygen atoms in total. The summed E-state index contributed by atoms with van der Waals surface area (Å²) >= 11 is 1.35. The number of fused-ring (bicyclic) bond motifs is 1. The lowest BCUT2D eigenvalue weighted by Gasteiger charge is -2.21. The van der Waals surface area contributed by atoms with Gasteiger partial charge in [0.25, 0.3) is 0 Å². The molecule has 0 radical (unpaired) electrons. The van der Waals surface area contributed by atoms with Crippen LogP contribution in [-0.2, 0) is 16.6 Å². The van der Waals surface area contributed by atoms with Gasteiger partial charge in [-0.15, -0.1) is 0 Å². The first-order valence-corrected chi connectivity index (χ1v) is 8.13. The quantitative estimate of drug-likeness (QED) is 0.869. The second-order valence-electron chi connectivity index (χ2n) is 5.31. The molecular formula is C15H17N3O3S. The molecule has 2 aromatic rings. The maximum Gasteiger partial charge on any atom is 0.326 e. The van der Waals surface area contributed by atoms with E-state index in [0.717, 1.165) is 22.6 Å². The van der Waals surface area contributed by atoms with Crippen LogP contribution in [0.3, 0.4) is 0 Å². The van der Waals surface area contributed by atoms with Gasteiger partial charge < -0.3 is 14.6 Å². The predicted octanol–water partition coefficient (Wildman–Crippen LogP) is 1.74. The van der Waals surface area contributed by atoms with Crippen molar-refractivity contribution in [3.8, 4) is 0 Å². The third-order valence-corrected chi connectivity index (χ3v) is 4.94. The number of hydrogen-bond acceptors (Lipinski definition) is 4. The Morgan fingerprint density at radius 1 is 1.41 bits per heavy atom. The van der Waals surface area contributed by atoms with E-state index >= 15 is 0 Å². The molecule has 1 aliphatic rings. The third kappa shape index (κ3) is 2.68. The minimum Gasteiger partial charge on any atom is -0.480 e. The number of aryl methyl sites for hydroxylation is 1. The van der Waals surface area contributed by atoms with Gasteiger partial charge in [0.05, 0.1) is 16.8 Å². The zero-order valence-electron chi connectivity index (χ0n) is 12.2. The van der Waals surface area contributed by atoms with Crippen molar-refractivity contribution in [3.63, 3.8) is 0 Å². The summed E-state index contributed by atoms with van der Waals surface area (Å²) in [6.07, 6.45) is 1.29. The normalized spacial score (nSPS) is 18.0. The number of aliphatic carboxylic acids is 1. The number of thioether (sulfide) groups is 1. The predicted molar refractivity (Wildman–Crippen MR) is 83.8 cm³/mol. The van der Waals surface area contributed by atoms with Gasteiger partial charge in [0, 0.05) is 13.6 Å². The Balaban J connectivity index is 1.70. The molecule has 1 aromatic carbocycles. The Morgan fingerprint density at radius 3 is 2.91 bits per heavy atom. The highest BCUT2D eigenvalue weighted by Gasteiger charge is 2.33. The molecule has 1 amide bonds. The molecule has 3 rings (SSSR count). The summed E-state index contributed by atoms with van der Waals surface area (Å²) in [5, 5.41) is 9.90. The van der Waals surface area contributed by atoms with Gasteiger partial charge in [-0.3, -0.25) is 4.79 Å². The number of nitrogens with zero attached hydrogens (tertiary/aromatic N) is 3. The van der Waals surface area contributed by atoms with Crippen molar-refractivity contribution in [3.05, 3.63) is 24.3 Å². The first-order chi connectivity index (χ1) is 10.6. The van der Waals surface area contributed by atoms with E-state index in [-0.39, 0.29) is 11.7 Å². The molecule has 1 fully saturated rings. The molecule has 1 N–H and O–H groups in total. The number of imidazole rings is 1. The fourth-order valence-corrected chi connectivity index (χ4v) is 3.66. The Labute approximate surface area is 132 Å². The number of carbonyl (C=O) groups excluding carboxylic acids is 1. The first kappa shape index (κ1) is 14.9. The highest BCUT2D eigenvalue weighted by Crippen LogP contribution is 2.24. The number of likely N-dealkylation sites (tertiary alicyclic amines) is 1. The highest BCUT2D eigenvalue weighted by molar-refractivity contribution is 7.99. The van der Waals surface area contributed by atoms with Crippen LogP contribution in [0, 0.1) is 0 Å². The van der Waals surface area contributed by atoms with Gasteiger partial charge in [-0.05, 0) is 25.0 Å². The molecule has 0 spiro atoms. The van der Waals surface area contributed by atoms with Crippen LogP contribution in [0.4, 0.5) is 0 Å². The lowest BCUT2D eigenvalue weighted by Crippen LogP contribution is -2.41. The molecule has 2 heterocycles. The number of benzene rings is 1. The van der Waals surface area contributed by atoms with Gasteiger partial charge in [-0.2, -0.15) is 0 Å². The molecule has 1 unspecified atom stereocenters. The Bertz CT molecular complexity index is 728. The van der Waals surface area contributed by atoms with E-state index in [2.05, 4.69) is 4.98 Å². The van der Waals surface area contributed by atoms with E-state index in [1.165, 1.54) is 16.7 Å². The van der Waals surface area contributed by atoms with Gasteiger partial charge in [0.15, 0.2) is 5.16 Å². The fourth-order valence-electron chi connectivity index (χ4n) is 2.78. The summed E-state index contributed by atoms with van der Waals surface area (Å²) in [7, 11) is 1.91. The average Bonchev–Trinajstić information content (AvgIpc) is 3.11. The smallest absolute Gasteiger partial charge is 0.326 e. The first-order valence-electron chi connectivity index (χ1n) is 7.14. The summed E-state index contributed by atoms with van der Waals surface area (Å²) in [4.78, 5) is 29.4. The van der Waals surface area contributed by atoms with Crippen molar-refractivity contribution in [2.75, 3.05) is 12.3 Å². The van der Waals surface area contributed by atoms with E-state index in [1.807, 2.05) is 35.9 Å². The summed E-state index contributed by atoms with van der Waals surface area (Å²) in [6.45, 7) is 0.527. The second kappa shape index (κ2) is 6.00. The van der Waals surface area contributed by atoms with Crippen LogP contribution < -0.4 is 0 Å². The number of carboxylic acid groups (broad SMARTS) is 1. The average molecular weight is 319 g/mol. The van der Waals surface area contributed by atoms with E-state index in [9.17, 15) is 9.59 Å². The number of hydrogen-bond donors (Lipinski definition) is 1.